The Morgan fingerprint density at radius 3 is 2.87 bits per heavy atom. The molecule has 0 atom stereocenters. The van der Waals surface area contributed by atoms with Gasteiger partial charge in [0.05, 0.1) is 25.0 Å². The van der Waals surface area contributed by atoms with Crippen molar-refractivity contribution in [1.29, 1.82) is 0 Å². The van der Waals surface area contributed by atoms with E-state index in [-0.39, 0.29) is 12.1 Å². The zero-order valence-corrected chi connectivity index (χ0v) is 17.3. The van der Waals surface area contributed by atoms with Crippen molar-refractivity contribution in [1.82, 2.24) is 9.97 Å². The maximum absolute atomic E-state index is 9.71. The molecule has 0 spiro atoms. The summed E-state index contributed by atoms with van der Waals surface area (Å²) in [4.78, 5) is 8.98. The SMILES string of the molecule is C#Cc1cnc(NCCC2=CCc3cc(OC)ccc32)nc1NC1CCC(O)CC1. The Hall–Kier alpha value is -3.04. The van der Waals surface area contributed by atoms with Gasteiger partial charge in [-0.1, -0.05) is 18.1 Å². The number of methoxy groups -OCH3 is 1. The van der Waals surface area contributed by atoms with Crippen LogP contribution in [0.15, 0.2) is 30.5 Å². The number of aliphatic hydroxyl groups excluding tert-OH is 1. The van der Waals surface area contributed by atoms with Crippen molar-refractivity contribution in [3.05, 3.63) is 47.2 Å². The van der Waals surface area contributed by atoms with Gasteiger partial charge in [0.1, 0.15) is 11.6 Å². The number of nitrogens with zero attached hydrogens (tertiary/aromatic N) is 2. The van der Waals surface area contributed by atoms with Crippen molar-refractivity contribution in [3.8, 4) is 18.1 Å². The minimum Gasteiger partial charge on any atom is -0.497 e. The molecule has 156 valence electrons. The third-order valence-corrected chi connectivity index (χ3v) is 5.89. The van der Waals surface area contributed by atoms with Crippen LogP contribution in [0.2, 0.25) is 0 Å². The molecule has 0 unspecified atom stereocenters. The predicted molar refractivity (Wildman–Crippen MR) is 120 cm³/mol. The number of terminal acetylenes is 1. The zero-order chi connectivity index (χ0) is 20.9. The average Bonchev–Trinajstić information content (AvgIpc) is 3.17. The molecule has 1 heterocycles. The van der Waals surface area contributed by atoms with E-state index in [1.165, 1.54) is 16.7 Å². The number of benzene rings is 1. The van der Waals surface area contributed by atoms with Gasteiger partial charge >= 0.3 is 0 Å². The van der Waals surface area contributed by atoms with Crippen LogP contribution in [0.3, 0.4) is 0 Å². The van der Waals surface area contributed by atoms with E-state index in [0.717, 1.165) is 50.8 Å². The molecular formula is C24H28N4O2. The lowest BCUT2D eigenvalue weighted by Crippen LogP contribution is -2.29. The molecule has 6 heteroatoms. The van der Waals surface area contributed by atoms with E-state index in [1.807, 2.05) is 6.07 Å². The maximum Gasteiger partial charge on any atom is 0.224 e. The van der Waals surface area contributed by atoms with E-state index in [9.17, 15) is 5.11 Å². The molecule has 30 heavy (non-hydrogen) atoms. The van der Waals surface area contributed by atoms with Gasteiger partial charge in [0, 0.05) is 12.6 Å². The molecule has 1 aromatic carbocycles. The van der Waals surface area contributed by atoms with Crippen LogP contribution in [0.25, 0.3) is 5.57 Å². The Kier molecular flexibility index (Phi) is 6.20. The fourth-order valence-electron chi connectivity index (χ4n) is 4.16. The van der Waals surface area contributed by atoms with E-state index in [1.54, 1.807) is 13.3 Å². The number of nitrogens with one attached hydrogen (secondary N) is 2. The Labute approximate surface area is 177 Å². The highest BCUT2D eigenvalue weighted by molar-refractivity contribution is 5.74. The molecular weight excluding hydrogens is 376 g/mol. The number of allylic oxidation sites excluding steroid dienone is 1. The number of hydrogen-bond donors (Lipinski definition) is 3. The first kappa shape index (κ1) is 20.2. The van der Waals surface area contributed by atoms with Crippen molar-refractivity contribution in [2.45, 2.75) is 50.7 Å². The van der Waals surface area contributed by atoms with E-state index >= 15 is 0 Å². The lowest BCUT2D eigenvalue weighted by Gasteiger charge is -2.27. The van der Waals surface area contributed by atoms with Crippen LogP contribution in [0, 0.1) is 12.3 Å². The summed E-state index contributed by atoms with van der Waals surface area (Å²) in [6.07, 6.45) is 14.7. The second kappa shape index (κ2) is 9.19. The lowest BCUT2D eigenvalue weighted by atomic mass is 9.93. The second-order valence-corrected chi connectivity index (χ2v) is 7.88. The number of rotatable bonds is 7. The number of aromatic nitrogens is 2. The topological polar surface area (TPSA) is 79.3 Å². The summed E-state index contributed by atoms with van der Waals surface area (Å²) in [6.45, 7) is 0.738. The number of fused-ring (bicyclic) bond motifs is 1. The summed E-state index contributed by atoms with van der Waals surface area (Å²) in [7, 11) is 1.70. The van der Waals surface area contributed by atoms with Crippen LogP contribution in [-0.2, 0) is 6.42 Å². The fourth-order valence-corrected chi connectivity index (χ4v) is 4.16. The van der Waals surface area contributed by atoms with Crippen molar-refractivity contribution < 1.29 is 9.84 Å². The number of ether oxygens (including phenoxy) is 1. The van der Waals surface area contributed by atoms with E-state index in [0.29, 0.717) is 17.3 Å². The summed E-state index contributed by atoms with van der Waals surface area (Å²) in [5, 5.41) is 16.5. The third-order valence-electron chi connectivity index (χ3n) is 5.89. The van der Waals surface area contributed by atoms with Gasteiger partial charge < -0.3 is 20.5 Å². The molecule has 4 rings (SSSR count). The quantitative estimate of drug-likeness (QED) is 0.612. The van der Waals surface area contributed by atoms with E-state index in [4.69, 9.17) is 11.2 Å². The Bertz CT molecular complexity index is 972. The van der Waals surface area contributed by atoms with Crippen molar-refractivity contribution in [2.75, 3.05) is 24.3 Å². The highest BCUT2D eigenvalue weighted by Crippen LogP contribution is 2.32. The maximum atomic E-state index is 9.71. The largest absolute Gasteiger partial charge is 0.497 e. The Morgan fingerprint density at radius 2 is 2.10 bits per heavy atom. The average molecular weight is 405 g/mol. The molecule has 2 aromatic rings. The van der Waals surface area contributed by atoms with Crippen LogP contribution in [0.1, 0.15) is 48.8 Å². The first-order valence-corrected chi connectivity index (χ1v) is 10.5. The monoisotopic (exact) mass is 404 g/mol. The highest BCUT2D eigenvalue weighted by Gasteiger charge is 2.20. The minimum absolute atomic E-state index is 0.186. The molecule has 2 aliphatic rings. The van der Waals surface area contributed by atoms with E-state index < -0.39 is 0 Å². The van der Waals surface area contributed by atoms with Gasteiger partial charge in [-0.25, -0.2) is 4.98 Å². The number of anilines is 2. The first-order valence-electron chi connectivity index (χ1n) is 10.5. The molecule has 1 saturated carbocycles. The normalized spacial score (nSPS) is 20.1. The number of aliphatic hydroxyl groups is 1. The smallest absolute Gasteiger partial charge is 0.224 e. The zero-order valence-electron chi connectivity index (χ0n) is 17.3. The summed E-state index contributed by atoms with van der Waals surface area (Å²) in [5.74, 6) is 4.82. The molecule has 0 radical (unpaired) electrons. The van der Waals surface area contributed by atoms with Gasteiger partial charge in [0.2, 0.25) is 5.95 Å². The van der Waals surface area contributed by atoms with Crippen molar-refractivity contribution in [3.63, 3.8) is 0 Å². The molecule has 2 aliphatic carbocycles. The van der Waals surface area contributed by atoms with Crippen molar-refractivity contribution >= 4 is 17.3 Å². The summed E-state index contributed by atoms with van der Waals surface area (Å²) in [6, 6.07) is 6.53. The fraction of sp³-hybridized carbons (Fsp3) is 0.417. The highest BCUT2D eigenvalue weighted by atomic mass is 16.5. The number of hydrogen-bond acceptors (Lipinski definition) is 6. The van der Waals surface area contributed by atoms with Gasteiger partial charge in [-0.05, 0) is 67.4 Å². The third kappa shape index (κ3) is 4.58. The first-order chi connectivity index (χ1) is 14.7. The van der Waals surface area contributed by atoms with Gasteiger partial charge in [0.15, 0.2) is 0 Å². The minimum atomic E-state index is -0.186. The van der Waals surface area contributed by atoms with Gasteiger partial charge in [-0.3, -0.25) is 0 Å². The summed E-state index contributed by atoms with van der Waals surface area (Å²) < 4.78 is 5.32. The molecule has 3 N–H and O–H groups in total. The van der Waals surface area contributed by atoms with Gasteiger partial charge in [0.25, 0.3) is 0 Å². The van der Waals surface area contributed by atoms with Gasteiger partial charge in [-0.2, -0.15) is 4.98 Å². The molecule has 1 fully saturated rings. The predicted octanol–water partition coefficient (Wildman–Crippen LogP) is 3.62. The van der Waals surface area contributed by atoms with Crippen LogP contribution < -0.4 is 15.4 Å². The standard InChI is InChI=1S/C24H28N4O2/c1-3-16-15-26-24(28-23(16)27-19-6-8-20(29)9-7-19)25-13-12-17-4-5-18-14-21(30-2)10-11-22(17)18/h1,4,10-11,14-15,19-20,29H,5-9,12-13H2,2H3,(H2,25,26,27,28). The molecule has 1 aromatic heterocycles. The Morgan fingerprint density at radius 1 is 1.27 bits per heavy atom. The molecule has 6 nitrogen and oxygen atoms in total. The van der Waals surface area contributed by atoms with Crippen molar-refractivity contribution in [2.24, 2.45) is 0 Å². The lowest BCUT2D eigenvalue weighted by molar-refractivity contribution is 0.126. The summed E-state index contributed by atoms with van der Waals surface area (Å²) in [5.41, 5.74) is 4.60. The van der Waals surface area contributed by atoms with Crippen LogP contribution in [0.5, 0.6) is 5.75 Å². The second-order valence-electron chi connectivity index (χ2n) is 7.88. The van der Waals surface area contributed by atoms with Crippen LogP contribution in [0.4, 0.5) is 11.8 Å². The molecule has 0 bridgehead atoms. The summed E-state index contributed by atoms with van der Waals surface area (Å²) >= 11 is 0. The van der Waals surface area contributed by atoms with Crippen LogP contribution >= 0.6 is 0 Å². The molecule has 0 amide bonds. The van der Waals surface area contributed by atoms with E-state index in [2.05, 4.69) is 44.7 Å². The van der Waals surface area contributed by atoms with Gasteiger partial charge in [-0.15, -0.1) is 6.42 Å². The molecule has 0 saturated heterocycles. The molecule has 0 aliphatic heterocycles. The Balaban J connectivity index is 1.36. The van der Waals surface area contributed by atoms with Crippen LogP contribution in [-0.4, -0.2) is 40.9 Å².